The molecule has 1 aromatic carbocycles. The van der Waals surface area contributed by atoms with Crippen LogP contribution in [0.5, 0.6) is 0 Å². The Morgan fingerprint density at radius 3 is 2.59 bits per heavy atom. The smallest absolute Gasteiger partial charge is 0.263 e. The van der Waals surface area contributed by atoms with Gasteiger partial charge in [-0.15, -0.1) is 0 Å². The van der Waals surface area contributed by atoms with E-state index in [2.05, 4.69) is 22.3 Å². The number of ketones is 1. The number of carbonyl (C=O) groups is 2. The number of nitrogens with zero attached hydrogens (tertiary/aromatic N) is 2. The van der Waals surface area contributed by atoms with Crippen molar-refractivity contribution in [3.8, 4) is 0 Å². The molecular weight excluding hydrogens is 406 g/mol. The average molecular weight is 438 g/mol. The van der Waals surface area contributed by atoms with Gasteiger partial charge < -0.3 is 14.6 Å². The van der Waals surface area contributed by atoms with Gasteiger partial charge in [0.05, 0.1) is 19.8 Å². The Balaban J connectivity index is 1.53. The van der Waals surface area contributed by atoms with Gasteiger partial charge in [-0.05, 0) is 42.4 Å². The van der Waals surface area contributed by atoms with Gasteiger partial charge in [-0.25, -0.2) is 0 Å². The molecule has 1 N–H and O–H groups in total. The van der Waals surface area contributed by atoms with E-state index in [4.69, 9.17) is 4.74 Å². The van der Waals surface area contributed by atoms with Crippen molar-refractivity contribution in [3.05, 3.63) is 69.1 Å². The minimum atomic E-state index is -0.468. The largest absolute Gasteiger partial charge is 0.379 e. The number of ether oxygens (including phenoxy) is 1. The molecule has 170 valence electrons. The van der Waals surface area contributed by atoms with Gasteiger partial charge in [0.1, 0.15) is 5.56 Å². The van der Waals surface area contributed by atoms with Crippen molar-refractivity contribution >= 4 is 11.7 Å². The first-order valence-electron chi connectivity index (χ1n) is 11.4. The summed E-state index contributed by atoms with van der Waals surface area (Å²) in [6.45, 7) is 4.77. The minimum absolute atomic E-state index is 0.00864. The molecule has 2 fully saturated rings. The van der Waals surface area contributed by atoms with E-state index in [0.29, 0.717) is 24.4 Å². The van der Waals surface area contributed by atoms with Gasteiger partial charge in [0.25, 0.3) is 11.5 Å². The van der Waals surface area contributed by atoms with Crippen LogP contribution in [0.1, 0.15) is 51.1 Å². The summed E-state index contributed by atoms with van der Waals surface area (Å²) in [6.07, 6.45) is 5.16. The van der Waals surface area contributed by atoms with Crippen molar-refractivity contribution in [1.29, 1.82) is 0 Å². The number of hydrogen-bond donors (Lipinski definition) is 1. The van der Waals surface area contributed by atoms with E-state index in [-0.39, 0.29) is 16.9 Å². The Hall–Kier alpha value is -2.77. The molecule has 0 atom stereocenters. The van der Waals surface area contributed by atoms with Crippen LogP contribution < -0.4 is 10.9 Å². The van der Waals surface area contributed by atoms with E-state index >= 15 is 0 Å². The third kappa shape index (κ3) is 5.72. The maximum absolute atomic E-state index is 13.0. The summed E-state index contributed by atoms with van der Waals surface area (Å²) in [7, 11) is 1.49. The molecule has 0 unspecified atom stereocenters. The quantitative estimate of drug-likeness (QED) is 0.608. The summed E-state index contributed by atoms with van der Waals surface area (Å²) >= 11 is 0. The second-order valence-corrected chi connectivity index (χ2v) is 8.75. The molecule has 0 radical (unpaired) electrons. The van der Waals surface area contributed by atoms with Crippen molar-refractivity contribution in [1.82, 2.24) is 14.8 Å². The Morgan fingerprint density at radius 1 is 1.12 bits per heavy atom. The van der Waals surface area contributed by atoms with E-state index in [1.165, 1.54) is 23.2 Å². The van der Waals surface area contributed by atoms with E-state index in [9.17, 15) is 14.4 Å². The van der Waals surface area contributed by atoms with Crippen LogP contribution in [-0.4, -0.2) is 61.1 Å². The van der Waals surface area contributed by atoms with Crippen LogP contribution in [0.2, 0.25) is 0 Å². The van der Waals surface area contributed by atoms with Gasteiger partial charge in [-0.2, -0.15) is 0 Å². The first-order valence-corrected chi connectivity index (χ1v) is 11.4. The van der Waals surface area contributed by atoms with E-state index in [1.54, 1.807) is 6.20 Å². The van der Waals surface area contributed by atoms with Crippen LogP contribution in [0.3, 0.4) is 0 Å². The molecule has 4 rings (SSSR count). The lowest BCUT2D eigenvalue weighted by Crippen LogP contribution is -2.37. The number of nitrogens with one attached hydrogen (secondary N) is 1. The highest BCUT2D eigenvalue weighted by Crippen LogP contribution is 2.33. The lowest BCUT2D eigenvalue weighted by Gasteiger charge is -2.26. The molecule has 1 aromatic heterocycles. The SMILES string of the molecule is CNC(=O)c1cc(C(=O)CC2CC2)cn(Cc2cccc(CCN3CCOCC3)c2)c1=O. The second kappa shape index (κ2) is 10.2. The molecule has 2 aliphatic rings. The number of Topliss-reactive ketones (excluding diaryl/α,β-unsaturated/α-hetero) is 1. The predicted octanol–water partition coefficient (Wildman–Crippen LogP) is 2.11. The molecule has 7 nitrogen and oxygen atoms in total. The summed E-state index contributed by atoms with van der Waals surface area (Å²) in [5.74, 6) is -0.0378. The Morgan fingerprint density at radius 2 is 1.88 bits per heavy atom. The zero-order chi connectivity index (χ0) is 22.5. The minimum Gasteiger partial charge on any atom is -0.379 e. The molecule has 1 aliphatic carbocycles. The maximum atomic E-state index is 13.0. The van der Waals surface area contributed by atoms with Crippen LogP contribution in [0.4, 0.5) is 0 Å². The number of benzene rings is 1. The summed E-state index contributed by atoms with van der Waals surface area (Å²) in [6, 6.07) is 9.62. The monoisotopic (exact) mass is 437 g/mol. The predicted molar refractivity (Wildman–Crippen MR) is 122 cm³/mol. The lowest BCUT2D eigenvalue weighted by atomic mass is 10.0. The molecule has 2 aromatic rings. The molecule has 2 heterocycles. The fraction of sp³-hybridized carbons (Fsp3) is 0.480. The summed E-state index contributed by atoms with van der Waals surface area (Å²) < 4.78 is 6.90. The Labute approximate surface area is 188 Å². The lowest BCUT2D eigenvalue weighted by molar-refractivity contribution is 0.0384. The number of rotatable bonds is 9. The molecule has 0 spiro atoms. The highest BCUT2D eigenvalue weighted by atomic mass is 16.5. The van der Waals surface area contributed by atoms with Crippen LogP contribution in [0, 0.1) is 5.92 Å². The number of carbonyl (C=O) groups excluding carboxylic acids is 2. The molecule has 7 heteroatoms. The third-order valence-electron chi connectivity index (χ3n) is 6.22. The van der Waals surface area contributed by atoms with Gasteiger partial charge in [0, 0.05) is 44.9 Å². The summed E-state index contributed by atoms with van der Waals surface area (Å²) in [5.41, 5.74) is 2.23. The van der Waals surface area contributed by atoms with Gasteiger partial charge in [0.15, 0.2) is 5.78 Å². The van der Waals surface area contributed by atoms with Crippen LogP contribution in [0.15, 0.2) is 41.3 Å². The van der Waals surface area contributed by atoms with Gasteiger partial charge in [-0.3, -0.25) is 19.3 Å². The van der Waals surface area contributed by atoms with Crippen molar-refractivity contribution in [3.63, 3.8) is 0 Å². The number of pyridine rings is 1. The molecule has 1 aliphatic heterocycles. The van der Waals surface area contributed by atoms with Gasteiger partial charge in [-0.1, -0.05) is 24.3 Å². The average Bonchev–Trinajstić information content (AvgIpc) is 3.63. The van der Waals surface area contributed by atoms with Crippen molar-refractivity contribution in [2.75, 3.05) is 39.9 Å². The van der Waals surface area contributed by atoms with Crippen LogP contribution in [-0.2, 0) is 17.7 Å². The molecule has 1 saturated carbocycles. The summed E-state index contributed by atoms with van der Waals surface area (Å²) in [5, 5.41) is 2.51. The fourth-order valence-electron chi connectivity index (χ4n) is 4.10. The number of aromatic nitrogens is 1. The van der Waals surface area contributed by atoms with Gasteiger partial charge >= 0.3 is 0 Å². The molecule has 1 saturated heterocycles. The van der Waals surface area contributed by atoms with Gasteiger partial charge in [0.2, 0.25) is 0 Å². The summed E-state index contributed by atoms with van der Waals surface area (Å²) in [4.78, 5) is 40.4. The second-order valence-electron chi connectivity index (χ2n) is 8.75. The maximum Gasteiger partial charge on any atom is 0.263 e. The number of hydrogen-bond acceptors (Lipinski definition) is 5. The fourth-order valence-corrected chi connectivity index (χ4v) is 4.10. The topological polar surface area (TPSA) is 80.6 Å². The standard InChI is InChI=1S/C25H31N3O4/c1-26-24(30)22-15-21(23(29)14-19-5-6-19)17-28(25(22)31)16-20-4-2-3-18(13-20)7-8-27-9-11-32-12-10-27/h2-4,13,15,17,19H,5-12,14,16H2,1H3,(H,26,30). The highest BCUT2D eigenvalue weighted by Gasteiger charge is 2.26. The third-order valence-corrected chi connectivity index (χ3v) is 6.22. The zero-order valence-electron chi connectivity index (χ0n) is 18.6. The van der Waals surface area contributed by atoms with E-state index in [0.717, 1.165) is 57.7 Å². The normalized spacial score (nSPS) is 16.7. The number of morpholine rings is 1. The molecule has 32 heavy (non-hydrogen) atoms. The molecule has 0 bridgehead atoms. The first-order chi connectivity index (χ1) is 15.5. The van der Waals surface area contributed by atoms with Crippen LogP contribution >= 0.6 is 0 Å². The Kier molecular flexibility index (Phi) is 7.17. The Bertz CT molecular complexity index is 1040. The molecular formula is C25H31N3O4. The number of amides is 1. The van der Waals surface area contributed by atoms with E-state index < -0.39 is 5.91 Å². The van der Waals surface area contributed by atoms with Crippen molar-refractivity contribution in [2.45, 2.75) is 32.2 Å². The van der Waals surface area contributed by atoms with Crippen molar-refractivity contribution in [2.24, 2.45) is 5.92 Å². The van der Waals surface area contributed by atoms with E-state index in [1.807, 2.05) is 12.1 Å². The highest BCUT2D eigenvalue weighted by molar-refractivity contribution is 6.00. The first kappa shape index (κ1) is 22.4. The van der Waals surface area contributed by atoms with Crippen LogP contribution in [0.25, 0.3) is 0 Å². The molecule has 1 amide bonds. The zero-order valence-corrected chi connectivity index (χ0v) is 18.6. The van der Waals surface area contributed by atoms with Crippen molar-refractivity contribution < 1.29 is 14.3 Å².